The van der Waals surface area contributed by atoms with E-state index in [4.69, 9.17) is 10.5 Å². The molecule has 0 aliphatic rings. The van der Waals surface area contributed by atoms with Crippen LogP contribution in [0.1, 0.15) is 28.5 Å². The highest BCUT2D eigenvalue weighted by Gasteiger charge is 2.26. The van der Waals surface area contributed by atoms with Crippen molar-refractivity contribution in [1.29, 1.82) is 0 Å². The minimum Gasteiger partial charge on any atom is -0.489 e. The standard InChI is InChI=1S/C26H20BrN9O5/c1-15(17-7-11-21(12-8-17)40-14-16-5-9-19(27)10-6-16)29-31-26(37)22-23(18-3-2-4-20(13-18)36(38)39)35(34-30-22)25-24(28)32-41-33-25/h2-13H,14H2,1H3,(H2,28,32)(H,31,37)/b29-15+. The third kappa shape index (κ3) is 6.09. The molecule has 0 aliphatic heterocycles. The number of hydrogen-bond donors (Lipinski definition) is 2. The van der Waals surface area contributed by atoms with Crippen LogP contribution in [0.3, 0.4) is 0 Å². The Morgan fingerprint density at radius 2 is 1.90 bits per heavy atom. The number of carbonyl (C=O) groups excluding carboxylic acids is 1. The van der Waals surface area contributed by atoms with Gasteiger partial charge in [0.1, 0.15) is 18.1 Å². The van der Waals surface area contributed by atoms with Crippen LogP contribution in [0, 0.1) is 10.1 Å². The van der Waals surface area contributed by atoms with Gasteiger partial charge in [-0.15, -0.1) is 5.10 Å². The second-order valence-electron chi connectivity index (χ2n) is 8.56. The van der Waals surface area contributed by atoms with Crippen molar-refractivity contribution < 1.29 is 19.1 Å². The molecule has 5 rings (SSSR count). The maximum absolute atomic E-state index is 13.2. The Morgan fingerprint density at radius 3 is 2.59 bits per heavy atom. The van der Waals surface area contributed by atoms with Crippen LogP contribution in [-0.4, -0.2) is 41.8 Å². The van der Waals surface area contributed by atoms with E-state index in [0.717, 1.165) is 20.3 Å². The number of nitro groups is 1. The highest BCUT2D eigenvalue weighted by molar-refractivity contribution is 9.10. The summed E-state index contributed by atoms with van der Waals surface area (Å²) in [6.07, 6.45) is 0. The number of anilines is 1. The molecular formula is C26H20BrN9O5. The number of carbonyl (C=O) groups is 1. The number of benzene rings is 3. The average Bonchev–Trinajstić information content (AvgIpc) is 3.61. The molecule has 0 fully saturated rings. The third-order valence-electron chi connectivity index (χ3n) is 5.83. The van der Waals surface area contributed by atoms with E-state index in [1.165, 1.54) is 18.2 Å². The van der Waals surface area contributed by atoms with E-state index < -0.39 is 10.8 Å². The molecule has 5 aromatic rings. The minimum atomic E-state index is -0.721. The zero-order valence-corrected chi connectivity index (χ0v) is 22.8. The predicted molar refractivity (Wildman–Crippen MR) is 150 cm³/mol. The molecule has 15 heteroatoms. The molecule has 3 aromatic carbocycles. The number of ether oxygens (including phenoxy) is 1. The zero-order valence-electron chi connectivity index (χ0n) is 21.3. The van der Waals surface area contributed by atoms with E-state index in [0.29, 0.717) is 18.1 Å². The monoisotopic (exact) mass is 617 g/mol. The van der Waals surface area contributed by atoms with Gasteiger partial charge in [-0.2, -0.15) is 9.78 Å². The molecule has 0 atom stereocenters. The summed E-state index contributed by atoms with van der Waals surface area (Å²) < 4.78 is 12.6. The van der Waals surface area contributed by atoms with Gasteiger partial charge in [-0.1, -0.05) is 45.4 Å². The van der Waals surface area contributed by atoms with E-state index >= 15 is 0 Å². The van der Waals surface area contributed by atoms with Crippen molar-refractivity contribution >= 4 is 39.1 Å². The Morgan fingerprint density at radius 1 is 1.15 bits per heavy atom. The van der Waals surface area contributed by atoms with Crippen LogP contribution in [-0.2, 0) is 6.61 Å². The van der Waals surface area contributed by atoms with Crippen molar-refractivity contribution in [2.24, 2.45) is 5.10 Å². The normalized spacial score (nSPS) is 11.3. The van der Waals surface area contributed by atoms with Crippen LogP contribution in [0.5, 0.6) is 5.75 Å². The Hall–Kier alpha value is -5.44. The lowest BCUT2D eigenvalue weighted by atomic mass is 10.1. The smallest absolute Gasteiger partial charge is 0.294 e. The third-order valence-corrected chi connectivity index (χ3v) is 6.36. The molecule has 2 aromatic heterocycles. The number of amides is 1. The van der Waals surface area contributed by atoms with Crippen molar-refractivity contribution in [3.63, 3.8) is 0 Å². The van der Waals surface area contributed by atoms with E-state index in [1.807, 2.05) is 36.4 Å². The van der Waals surface area contributed by atoms with E-state index in [-0.39, 0.29) is 34.3 Å². The lowest BCUT2D eigenvalue weighted by Gasteiger charge is -2.08. The first kappa shape index (κ1) is 27.1. The predicted octanol–water partition coefficient (Wildman–Crippen LogP) is 4.30. The number of nitrogens with zero attached hydrogens (tertiary/aromatic N) is 7. The zero-order chi connectivity index (χ0) is 28.9. The molecule has 0 radical (unpaired) electrons. The summed E-state index contributed by atoms with van der Waals surface area (Å²) in [5.41, 5.74) is 10.5. The maximum Gasteiger partial charge on any atom is 0.294 e. The van der Waals surface area contributed by atoms with Gasteiger partial charge in [-0.3, -0.25) is 14.9 Å². The van der Waals surface area contributed by atoms with E-state index in [9.17, 15) is 14.9 Å². The molecule has 0 saturated heterocycles. The number of aromatic nitrogens is 5. The summed E-state index contributed by atoms with van der Waals surface area (Å²) in [6, 6.07) is 20.7. The second-order valence-corrected chi connectivity index (χ2v) is 9.47. The van der Waals surface area contributed by atoms with Crippen molar-refractivity contribution in [1.82, 2.24) is 30.7 Å². The highest BCUT2D eigenvalue weighted by atomic mass is 79.9. The summed E-state index contributed by atoms with van der Waals surface area (Å²) in [5, 5.41) is 30.7. The maximum atomic E-state index is 13.2. The first-order valence-corrected chi connectivity index (χ1v) is 12.7. The van der Waals surface area contributed by atoms with Crippen LogP contribution < -0.4 is 15.9 Å². The number of nitrogen functional groups attached to an aromatic ring is 1. The number of nitrogens with one attached hydrogen (secondary N) is 1. The average molecular weight is 618 g/mol. The number of rotatable bonds is 9. The summed E-state index contributed by atoms with van der Waals surface area (Å²) in [5.74, 6) is -0.207. The van der Waals surface area contributed by atoms with Crippen molar-refractivity contribution in [3.05, 3.63) is 104 Å². The van der Waals surface area contributed by atoms with Gasteiger partial charge in [0.05, 0.1) is 10.6 Å². The van der Waals surface area contributed by atoms with Crippen molar-refractivity contribution in [2.75, 3.05) is 5.73 Å². The molecular weight excluding hydrogens is 598 g/mol. The van der Waals surface area contributed by atoms with Gasteiger partial charge < -0.3 is 10.5 Å². The number of nitrogens with two attached hydrogens (primary N) is 1. The molecule has 14 nitrogen and oxygen atoms in total. The van der Waals surface area contributed by atoms with Gasteiger partial charge in [-0.25, -0.2) is 10.1 Å². The van der Waals surface area contributed by atoms with Crippen LogP contribution in [0.4, 0.5) is 11.5 Å². The van der Waals surface area contributed by atoms with Gasteiger partial charge >= 0.3 is 0 Å². The fourth-order valence-corrected chi connectivity index (χ4v) is 4.00. The topological polar surface area (TPSA) is 189 Å². The van der Waals surface area contributed by atoms with Gasteiger partial charge in [0.2, 0.25) is 11.6 Å². The van der Waals surface area contributed by atoms with Crippen molar-refractivity contribution in [2.45, 2.75) is 13.5 Å². The molecule has 0 unspecified atom stereocenters. The largest absolute Gasteiger partial charge is 0.489 e. The van der Waals surface area contributed by atoms with Crippen LogP contribution in [0.2, 0.25) is 0 Å². The van der Waals surface area contributed by atoms with Crippen molar-refractivity contribution in [3.8, 4) is 22.8 Å². The molecule has 206 valence electrons. The molecule has 0 spiro atoms. The Balaban J connectivity index is 1.35. The number of hydrogen-bond acceptors (Lipinski definition) is 11. The first-order valence-electron chi connectivity index (χ1n) is 11.9. The van der Waals surface area contributed by atoms with Gasteiger partial charge in [0.25, 0.3) is 11.6 Å². The molecule has 2 heterocycles. The van der Waals surface area contributed by atoms with E-state index in [1.54, 1.807) is 25.1 Å². The minimum absolute atomic E-state index is 0.0415. The Kier molecular flexibility index (Phi) is 7.78. The van der Waals surface area contributed by atoms with E-state index in [2.05, 4.69) is 51.7 Å². The molecule has 0 saturated carbocycles. The molecule has 0 aliphatic carbocycles. The number of halogens is 1. The summed E-state index contributed by atoms with van der Waals surface area (Å²) >= 11 is 3.41. The summed E-state index contributed by atoms with van der Waals surface area (Å²) in [4.78, 5) is 24.0. The number of hydrazone groups is 1. The second kappa shape index (κ2) is 11.7. The Bertz CT molecular complexity index is 1750. The lowest BCUT2D eigenvalue weighted by Crippen LogP contribution is -2.21. The quantitative estimate of drug-likeness (QED) is 0.137. The molecule has 41 heavy (non-hydrogen) atoms. The highest BCUT2D eigenvalue weighted by Crippen LogP contribution is 2.29. The number of nitro benzene ring substituents is 1. The first-order chi connectivity index (χ1) is 19.8. The van der Waals surface area contributed by atoms with Crippen LogP contribution in [0.25, 0.3) is 17.1 Å². The number of non-ortho nitro benzene ring substituents is 1. The molecule has 0 bridgehead atoms. The molecule has 1 amide bonds. The summed E-state index contributed by atoms with van der Waals surface area (Å²) in [7, 11) is 0. The lowest BCUT2D eigenvalue weighted by molar-refractivity contribution is -0.384. The Labute approximate surface area is 240 Å². The van der Waals surface area contributed by atoms with Gasteiger partial charge in [0.15, 0.2) is 5.69 Å². The fraction of sp³-hybridized carbons (Fsp3) is 0.0769. The SMILES string of the molecule is C/C(=N\NC(=O)c1nnn(-c2nonc2N)c1-c1cccc([N+](=O)[O-])c1)c1ccc(OCc2ccc(Br)cc2)cc1. The van der Waals surface area contributed by atoms with Gasteiger partial charge in [-0.05, 0) is 64.8 Å². The summed E-state index contributed by atoms with van der Waals surface area (Å²) in [6.45, 7) is 2.14. The van der Waals surface area contributed by atoms with Crippen LogP contribution >= 0.6 is 15.9 Å². The molecule has 3 N–H and O–H groups in total. The fourth-order valence-electron chi connectivity index (χ4n) is 3.74. The van der Waals surface area contributed by atoms with Gasteiger partial charge in [0, 0.05) is 22.2 Å². The van der Waals surface area contributed by atoms with Crippen LogP contribution in [0.15, 0.2) is 87.0 Å².